The summed E-state index contributed by atoms with van der Waals surface area (Å²) in [7, 11) is 3.66. The van der Waals surface area contributed by atoms with Gasteiger partial charge in [0.2, 0.25) is 0 Å². The molecule has 0 bridgehead atoms. The van der Waals surface area contributed by atoms with Gasteiger partial charge in [0.1, 0.15) is 0 Å². The Bertz CT molecular complexity index is 601. The standard InChI is InChI=1S/C17H21NO2S/c1-11-5-6-13(9-15(11)21-4)17(20)14(10-18(2)3)16(19)12-7-8-12/h5-6,9-10,12H,7-8H2,1-4H3. The van der Waals surface area contributed by atoms with Gasteiger partial charge in [-0.1, -0.05) is 12.1 Å². The molecule has 1 aromatic rings. The van der Waals surface area contributed by atoms with Crippen LogP contribution in [0.3, 0.4) is 0 Å². The van der Waals surface area contributed by atoms with E-state index >= 15 is 0 Å². The van der Waals surface area contributed by atoms with Gasteiger partial charge in [-0.15, -0.1) is 11.8 Å². The van der Waals surface area contributed by atoms with Crippen LogP contribution in [0.2, 0.25) is 0 Å². The molecule has 3 nitrogen and oxygen atoms in total. The molecule has 0 aliphatic heterocycles. The largest absolute Gasteiger partial charge is 0.383 e. The second-order valence-corrected chi connectivity index (χ2v) is 6.51. The van der Waals surface area contributed by atoms with E-state index in [9.17, 15) is 9.59 Å². The van der Waals surface area contributed by atoms with Crippen molar-refractivity contribution in [2.45, 2.75) is 24.7 Å². The molecule has 1 fully saturated rings. The molecule has 1 saturated carbocycles. The topological polar surface area (TPSA) is 37.4 Å². The van der Waals surface area contributed by atoms with Crippen LogP contribution in [-0.2, 0) is 4.79 Å². The lowest BCUT2D eigenvalue weighted by Gasteiger charge is -2.11. The maximum absolute atomic E-state index is 12.7. The fraction of sp³-hybridized carbons (Fsp3) is 0.412. The summed E-state index contributed by atoms with van der Waals surface area (Å²) in [6.07, 6.45) is 5.45. The second-order valence-electron chi connectivity index (χ2n) is 5.66. The third kappa shape index (κ3) is 3.76. The predicted molar refractivity (Wildman–Crippen MR) is 86.8 cm³/mol. The van der Waals surface area contributed by atoms with E-state index in [1.807, 2.05) is 39.4 Å². The van der Waals surface area contributed by atoms with Gasteiger partial charge in [-0.2, -0.15) is 0 Å². The molecule has 112 valence electrons. The van der Waals surface area contributed by atoms with Gasteiger partial charge in [0.15, 0.2) is 11.6 Å². The Morgan fingerprint density at radius 1 is 1.29 bits per heavy atom. The highest BCUT2D eigenvalue weighted by Gasteiger charge is 2.34. The van der Waals surface area contributed by atoms with Crippen molar-refractivity contribution in [3.8, 4) is 0 Å². The van der Waals surface area contributed by atoms with Gasteiger partial charge in [0, 0.05) is 36.7 Å². The number of carbonyl (C=O) groups is 2. The number of hydrogen-bond acceptors (Lipinski definition) is 4. The summed E-state index contributed by atoms with van der Waals surface area (Å²) in [6.45, 7) is 2.02. The molecule has 0 heterocycles. The number of Topliss-reactive ketones (excluding diaryl/α,β-unsaturated/α-hetero) is 2. The minimum atomic E-state index is -0.170. The number of ketones is 2. The molecule has 0 radical (unpaired) electrons. The number of benzene rings is 1. The number of thioether (sulfide) groups is 1. The number of aryl methyl sites for hydroxylation is 1. The monoisotopic (exact) mass is 303 g/mol. The molecule has 0 atom stereocenters. The molecule has 1 aliphatic rings. The molecule has 1 aromatic carbocycles. The van der Waals surface area contributed by atoms with E-state index in [1.165, 1.54) is 0 Å². The number of allylic oxidation sites excluding steroid dienone is 1. The zero-order valence-electron chi connectivity index (χ0n) is 13.0. The van der Waals surface area contributed by atoms with Crippen molar-refractivity contribution in [1.82, 2.24) is 4.90 Å². The minimum absolute atomic E-state index is 0.0139. The van der Waals surface area contributed by atoms with Gasteiger partial charge < -0.3 is 4.90 Å². The molecule has 0 unspecified atom stereocenters. The molecule has 21 heavy (non-hydrogen) atoms. The van der Waals surface area contributed by atoms with E-state index < -0.39 is 0 Å². The Morgan fingerprint density at radius 3 is 2.48 bits per heavy atom. The molecular weight excluding hydrogens is 282 g/mol. The zero-order chi connectivity index (χ0) is 15.6. The second kappa shape index (κ2) is 6.48. The van der Waals surface area contributed by atoms with Crippen molar-refractivity contribution in [1.29, 1.82) is 0 Å². The Labute approximate surface area is 130 Å². The fourth-order valence-electron chi connectivity index (χ4n) is 2.17. The normalized spacial score (nSPS) is 15.0. The first-order chi connectivity index (χ1) is 9.93. The van der Waals surface area contributed by atoms with E-state index in [4.69, 9.17) is 0 Å². The molecule has 4 heteroatoms. The molecule has 0 amide bonds. The Hall–Kier alpha value is -1.55. The van der Waals surface area contributed by atoms with Gasteiger partial charge in [0.05, 0.1) is 5.57 Å². The quantitative estimate of drug-likeness (QED) is 0.266. The lowest BCUT2D eigenvalue weighted by Crippen LogP contribution is -2.18. The lowest BCUT2D eigenvalue weighted by atomic mass is 9.97. The molecule has 0 N–H and O–H groups in total. The smallest absolute Gasteiger partial charge is 0.198 e. The van der Waals surface area contributed by atoms with E-state index in [-0.39, 0.29) is 17.5 Å². The summed E-state index contributed by atoms with van der Waals surface area (Å²) >= 11 is 1.61. The Morgan fingerprint density at radius 2 is 1.95 bits per heavy atom. The van der Waals surface area contributed by atoms with Crippen molar-refractivity contribution in [3.63, 3.8) is 0 Å². The average Bonchev–Trinajstić information content (AvgIpc) is 3.28. The van der Waals surface area contributed by atoms with Crippen LogP contribution in [0.4, 0.5) is 0 Å². The van der Waals surface area contributed by atoms with Gasteiger partial charge in [-0.25, -0.2) is 0 Å². The van der Waals surface area contributed by atoms with Crippen LogP contribution in [0.25, 0.3) is 0 Å². The number of rotatable bonds is 6. The van der Waals surface area contributed by atoms with Gasteiger partial charge in [-0.05, 0) is 37.7 Å². The number of nitrogens with zero attached hydrogens (tertiary/aromatic N) is 1. The van der Waals surface area contributed by atoms with Crippen LogP contribution in [0.1, 0.15) is 28.8 Å². The molecule has 1 aliphatic carbocycles. The SMILES string of the molecule is CSc1cc(C(=O)C(=CN(C)C)C(=O)C2CC2)ccc1C. The summed E-state index contributed by atoms with van der Waals surface area (Å²) in [6, 6.07) is 5.63. The first-order valence-corrected chi connectivity index (χ1v) is 8.28. The third-order valence-electron chi connectivity index (χ3n) is 3.52. The summed E-state index contributed by atoms with van der Waals surface area (Å²) < 4.78 is 0. The Balaban J connectivity index is 2.36. The molecule has 2 rings (SSSR count). The first-order valence-electron chi connectivity index (χ1n) is 7.06. The number of hydrogen-bond donors (Lipinski definition) is 0. The van der Waals surface area contributed by atoms with Crippen LogP contribution in [0.5, 0.6) is 0 Å². The Kier molecular flexibility index (Phi) is 4.88. The summed E-state index contributed by atoms with van der Waals surface area (Å²) in [5.41, 5.74) is 2.04. The highest BCUT2D eigenvalue weighted by molar-refractivity contribution is 7.98. The lowest BCUT2D eigenvalue weighted by molar-refractivity contribution is -0.116. The van der Waals surface area contributed by atoms with Crippen LogP contribution in [0.15, 0.2) is 34.9 Å². The van der Waals surface area contributed by atoms with Crippen LogP contribution in [0, 0.1) is 12.8 Å². The fourth-order valence-corrected chi connectivity index (χ4v) is 2.81. The summed E-state index contributed by atoms with van der Waals surface area (Å²) in [5, 5.41) is 0. The predicted octanol–water partition coefficient (Wildman–Crippen LogP) is 3.32. The molecular formula is C17H21NO2S. The van der Waals surface area contributed by atoms with E-state index in [0.717, 1.165) is 23.3 Å². The van der Waals surface area contributed by atoms with Crippen molar-refractivity contribution in [2.24, 2.45) is 5.92 Å². The summed E-state index contributed by atoms with van der Waals surface area (Å²) in [5.74, 6) is -0.138. The van der Waals surface area contributed by atoms with Crippen molar-refractivity contribution >= 4 is 23.3 Å². The highest BCUT2D eigenvalue weighted by Crippen LogP contribution is 2.33. The van der Waals surface area contributed by atoms with E-state index in [1.54, 1.807) is 28.9 Å². The van der Waals surface area contributed by atoms with Crippen molar-refractivity contribution < 1.29 is 9.59 Å². The van der Waals surface area contributed by atoms with Crippen LogP contribution >= 0.6 is 11.8 Å². The average molecular weight is 303 g/mol. The van der Waals surface area contributed by atoms with Crippen molar-refractivity contribution in [2.75, 3.05) is 20.4 Å². The maximum atomic E-state index is 12.7. The highest BCUT2D eigenvalue weighted by atomic mass is 32.2. The van der Waals surface area contributed by atoms with Gasteiger partial charge >= 0.3 is 0 Å². The maximum Gasteiger partial charge on any atom is 0.198 e. The van der Waals surface area contributed by atoms with Gasteiger partial charge in [0.25, 0.3) is 0 Å². The van der Waals surface area contributed by atoms with Crippen LogP contribution in [-0.4, -0.2) is 36.8 Å². The molecule has 0 spiro atoms. The molecule has 0 aromatic heterocycles. The van der Waals surface area contributed by atoms with Crippen LogP contribution < -0.4 is 0 Å². The number of carbonyl (C=O) groups excluding carboxylic acids is 2. The molecule has 0 saturated heterocycles. The van der Waals surface area contributed by atoms with E-state index in [0.29, 0.717) is 11.1 Å². The third-order valence-corrected chi connectivity index (χ3v) is 4.40. The van der Waals surface area contributed by atoms with Crippen molar-refractivity contribution in [3.05, 3.63) is 41.1 Å². The zero-order valence-corrected chi connectivity index (χ0v) is 13.8. The first kappa shape index (κ1) is 15.8. The summed E-state index contributed by atoms with van der Waals surface area (Å²) in [4.78, 5) is 27.9. The van der Waals surface area contributed by atoms with E-state index in [2.05, 4.69) is 0 Å². The van der Waals surface area contributed by atoms with Gasteiger partial charge in [-0.3, -0.25) is 9.59 Å². The minimum Gasteiger partial charge on any atom is -0.383 e.